The van der Waals surface area contributed by atoms with Gasteiger partial charge in [-0.2, -0.15) is 0 Å². The molecule has 0 N–H and O–H groups in total. The number of hydrogen-bond donors (Lipinski definition) is 0. The molecule has 4 fully saturated rings. The Kier molecular flexibility index (Phi) is 2.68. The first-order valence-corrected chi connectivity index (χ1v) is 7.81. The average Bonchev–Trinajstić information content (AvgIpc) is 3.03. The van der Waals surface area contributed by atoms with Crippen molar-refractivity contribution in [2.24, 2.45) is 23.7 Å². The van der Waals surface area contributed by atoms with E-state index in [1.807, 2.05) is 4.90 Å². The molecular weight excluding hydrogens is 314 g/mol. The van der Waals surface area contributed by atoms with Crippen LogP contribution in [0.5, 0.6) is 0 Å². The first-order chi connectivity index (χ1) is 9.18. The smallest absolute Gasteiger partial charge is 0.310 e. The molecule has 6 unspecified atom stereocenters. The zero-order valence-electron chi connectivity index (χ0n) is 10.5. The molecule has 4 rings (SSSR count). The summed E-state index contributed by atoms with van der Waals surface area (Å²) < 4.78 is 10.7. The molecule has 0 aromatic rings. The van der Waals surface area contributed by atoms with E-state index in [9.17, 15) is 9.59 Å². The third kappa shape index (κ3) is 1.56. The highest BCUT2D eigenvalue weighted by atomic mass is 79.9. The van der Waals surface area contributed by atoms with Crippen LogP contribution in [0.3, 0.4) is 0 Å². The zero-order valence-corrected chi connectivity index (χ0v) is 12.0. The molecule has 2 heterocycles. The lowest BCUT2D eigenvalue weighted by Gasteiger charge is -2.34. The lowest BCUT2D eigenvalue weighted by atomic mass is 9.79. The molecule has 4 aliphatic rings. The predicted octanol–water partition coefficient (Wildman–Crippen LogP) is 0.416. The third-order valence-electron chi connectivity index (χ3n) is 5.13. The fraction of sp³-hybridized carbons (Fsp3) is 0.846. The van der Waals surface area contributed by atoms with E-state index in [0.29, 0.717) is 26.3 Å². The number of carbonyl (C=O) groups excluding carboxylic acids is 2. The summed E-state index contributed by atoms with van der Waals surface area (Å²) in [5.41, 5.74) is 0. The SMILES string of the molecule is O=C1OC2C(Br)C3CC2C1C3C(=O)N1CCOCC1. The van der Waals surface area contributed by atoms with Gasteiger partial charge in [-0.05, 0) is 12.3 Å². The topological polar surface area (TPSA) is 55.8 Å². The van der Waals surface area contributed by atoms with Gasteiger partial charge in [0.05, 0.1) is 29.9 Å². The van der Waals surface area contributed by atoms with Crippen LogP contribution in [0, 0.1) is 23.7 Å². The Morgan fingerprint density at radius 3 is 2.74 bits per heavy atom. The molecule has 6 atom stereocenters. The van der Waals surface area contributed by atoms with Crippen LogP contribution in [0.4, 0.5) is 0 Å². The average molecular weight is 330 g/mol. The van der Waals surface area contributed by atoms with Gasteiger partial charge < -0.3 is 14.4 Å². The van der Waals surface area contributed by atoms with Gasteiger partial charge in [0.15, 0.2) is 0 Å². The van der Waals surface area contributed by atoms with Crippen molar-refractivity contribution in [3.8, 4) is 0 Å². The summed E-state index contributed by atoms with van der Waals surface area (Å²) in [5, 5.41) is 0. The third-order valence-corrected chi connectivity index (χ3v) is 6.33. The summed E-state index contributed by atoms with van der Waals surface area (Å²) in [7, 11) is 0. The summed E-state index contributed by atoms with van der Waals surface area (Å²) in [6, 6.07) is 0. The number of halogens is 1. The Hall–Kier alpha value is -0.620. The maximum Gasteiger partial charge on any atom is 0.310 e. The second-order valence-electron chi connectivity index (χ2n) is 5.90. The van der Waals surface area contributed by atoms with Crippen molar-refractivity contribution in [1.82, 2.24) is 4.90 Å². The summed E-state index contributed by atoms with van der Waals surface area (Å²) in [6.45, 7) is 2.49. The number of ether oxygens (including phenoxy) is 2. The number of nitrogens with zero attached hydrogens (tertiary/aromatic N) is 1. The largest absolute Gasteiger partial charge is 0.461 e. The van der Waals surface area contributed by atoms with Gasteiger partial charge in [0.25, 0.3) is 0 Å². The van der Waals surface area contributed by atoms with Gasteiger partial charge in [0.2, 0.25) is 5.91 Å². The van der Waals surface area contributed by atoms with Crippen LogP contribution in [-0.4, -0.2) is 54.0 Å². The lowest BCUT2D eigenvalue weighted by Crippen LogP contribution is -2.49. The zero-order chi connectivity index (χ0) is 13.1. The molecule has 1 amide bonds. The number of fused-ring (bicyclic) bond motifs is 1. The second kappa shape index (κ2) is 4.19. The molecule has 0 aromatic heterocycles. The quantitative estimate of drug-likeness (QED) is 0.516. The molecule has 5 nitrogen and oxygen atoms in total. The van der Waals surface area contributed by atoms with Crippen molar-refractivity contribution in [3.63, 3.8) is 0 Å². The van der Waals surface area contributed by atoms with Crippen molar-refractivity contribution < 1.29 is 19.1 Å². The fourth-order valence-corrected chi connectivity index (χ4v) is 5.35. The summed E-state index contributed by atoms with van der Waals surface area (Å²) in [5.74, 6) is 0.0881. The molecule has 0 aromatic carbocycles. The monoisotopic (exact) mass is 329 g/mol. The molecule has 0 spiro atoms. The number of morpholine rings is 1. The first-order valence-electron chi connectivity index (χ1n) is 6.89. The van der Waals surface area contributed by atoms with E-state index in [2.05, 4.69) is 15.9 Å². The van der Waals surface area contributed by atoms with E-state index in [1.165, 1.54) is 0 Å². The normalized spacial score (nSPS) is 47.6. The number of hydrogen-bond acceptors (Lipinski definition) is 4. The van der Waals surface area contributed by atoms with Crippen molar-refractivity contribution in [1.29, 1.82) is 0 Å². The highest BCUT2D eigenvalue weighted by molar-refractivity contribution is 9.09. The van der Waals surface area contributed by atoms with Gasteiger partial charge in [0.1, 0.15) is 6.10 Å². The van der Waals surface area contributed by atoms with E-state index in [4.69, 9.17) is 9.47 Å². The van der Waals surface area contributed by atoms with E-state index < -0.39 is 0 Å². The summed E-state index contributed by atoms with van der Waals surface area (Å²) >= 11 is 3.64. The molecule has 0 radical (unpaired) electrons. The van der Waals surface area contributed by atoms with Gasteiger partial charge in [-0.1, -0.05) is 15.9 Å². The molecule has 2 saturated carbocycles. The number of alkyl halides is 1. The Bertz CT molecular complexity index is 436. The van der Waals surface area contributed by atoms with Gasteiger partial charge in [0, 0.05) is 19.0 Å². The van der Waals surface area contributed by atoms with Gasteiger partial charge >= 0.3 is 5.97 Å². The van der Waals surface area contributed by atoms with E-state index in [0.717, 1.165) is 6.42 Å². The molecule has 19 heavy (non-hydrogen) atoms. The van der Waals surface area contributed by atoms with Gasteiger partial charge in [-0.25, -0.2) is 0 Å². The van der Waals surface area contributed by atoms with Crippen molar-refractivity contribution in [3.05, 3.63) is 0 Å². The molecule has 104 valence electrons. The second-order valence-corrected chi connectivity index (χ2v) is 6.96. The minimum Gasteiger partial charge on any atom is -0.461 e. The maximum atomic E-state index is 12.7. The Morgan fingerprint density at radius 1 is 1.26 bits per heavy atom. The molecule has 6 heteroatoms. The Balaban J connectivity index is 1.61. The van der Waals surface area contributed by atoms with Crippen LogP contribution in [0.25, 0.3) is 0 Å². The molecule has 2 aliphatic heterocycles. The summed E-state index contributed by atoms with van der Waals surface area (Å²) in [4.78, 5) is 26.7. The Labute approximate surface area is 119 Å². The number of amides is 1. The highest BCUT2D eigenvalue weighted by Crippen LogP contribution is 2.60. The van der Waals surface area contributed by atoms with Crippen LogP contribution >= 0.6 is 15.9 Å². The van der Waals surface area contributed by atoms with E-state index >= 15 is 0 Å². The van der Waals surface area contributed by atoms with Crippen molar-refractivity contribution >= 4 is 27.8 Å². The number of carbonyl (C=O) groups is 2. The molecular formula is C13H16BrNO4. The number of esters is 1. The van der Waals surface area contributed by atoms with Crippen LogP contribution in [0.1, 0.15) is 6.42 Å². The minimum absolute atomic E-state index is 0.00348. The van der Waals surface area contributed by atoms with Crippen LogP contribution in [0.15, 0.2) is 0 Å². The molecule has 2 saturated heterocycles. The molecule has 2 aliphatic carbocycles. The van der Waals surface area contributed by atoms with Crippen LogP contribution in [0.2, 0.25) is 0 Å². The standard InChI is InChI=1S/C13H16BrNO4/c14-10-6-5-7-9(13(17)19-11(7)10)8(6)12(16)15-1-3-18-4-2-15/h6-11H,1-5H2. The highest BCUT2D eigenvalue weighted by Gasteiger charge is 2.68. The lowest BCUT2D eigenvalue weighted by molar-refractivity contribution is -0.149. The minimum atomic E-state index is -0.195. The Morgan fingerprint density at radius 2 is 2.00 bits per heavy atom. The van der Waals surface area contributed by atoms with Crippen LogP contribution in [-0.2, 0) is 19.1 Å². The van der Waals surface area contributed by atoms with Crippen LogP contribution < -0.4 is 0 Å². The van der Waals surface area contributed by atoms with E-state index in [1.54, 1.807) is 0 Å². The fourth-order valence-electron chi connectivity index (χ4n) is 4.30. The van der Waals surface area contributed by atoms with Crippen molar-refractivity contribution in [2.45, 2.75) is 17.4 Å². The number of rotatable bonds is 1. The van der Waals surface area contributed by atoms with Gasteiger partial charge in [-0.3, -0.25) is 9.59 Å². The predicted molar refractivity (Wildman–Crippen MR) is 68.6 cm³/mol. The molecule has 2 bridgehead atoms. The summed E-state index contributed by atoms with van der Waals surface area (Å²) in [6.07, 6.45) is 0.939. The maximum absolute atomic E-state index is 12.7. The van der Waals surface area contributed by atoms with Crippen molar-refractivity contribution in [2.75, 3.05) is 26.3 Å². The van der Waals surface area contributed by atoms with E-state index in [-0.39, 0.29) is 46.5 Å². The first kappa shape index (κ1) is 12.1. The van der Waals surface area contributed by atoms with Gasteiger partial charge in [-0.15, -0.1) is 0 Å².